The van der Waals surface area contributed by atoms with Crippen LogP contribution in [0, 0.1) is 6.92 Å². The van der Waals surface area contributed by atoms with E-state index in [1.54, 1.807) is 42.5 Å². The molecule has 0 saturated carbocycles. The van der Waals surface area contributed by atoms with Gasteiger partial charge in [-0.2, -0.15) is 4.98 Å². The average Bonchev–Trinajstić information content (AvgIpc) is 3.24. The number of oxazole rings is 1. The Bertz CT molecular complexity index is 1360. The van der Waals surface area contributed by atoms with Crippen molar-refractivity contribution in [3.8, 4) is 23.0 Å². The van der Waals surface area contributed by atoms with Gasteiger partial charge in [0, 0.05) is 17.3 Å². The van der Waals surface area contributed by atoms with Gasteiger partial charge in [0.1, 0.15) is 13.2 Å². The van der Waals surface area contributed by atoms with E-state index >= 15 is 0 Å². The van der Waals surface area contributed by atoms with E-state index in [2.05, 4.69) is 10.3 Å². The van der Waals surface area contributed by atoms with Crippen LogP contribution in [0.5, 0.6) is 11.5 Å². The Labute approximate surface area is 185 Å². The van der Waals surface area contributed by atoms with Gasteiger partial charge in [0.05, 0.1) is 4.90 Å². The van der Waals surface area contributed by atoms with Crippen LogP contribution in [0.1, 0.15) is 5.56 Å². The number of aryl methyl sites for hydroxylation is 1. The molecule has 0 atom stereocenters. The lowest BCUT2D eigenvalue weighted by Gasteiger charge is -2.19. The minimum absolute atomic E-state index is 0.0288. The second-order valence-electron chi connectivity index (χ2n) is 7.32. The van der Waals surface area contributed by atoms with E-state index in [0.29, 0.717) is 36.0 Å². The van der Waals surface area contributed by atoms with E-state index in [1.807, 2.05) is 37.3 Å². The summed E-state index contributed by atoms with van der Waals surface area (Å²) in [5.41, 5.74) is 2.22. The van der Waals surface area contributed by atoms with Crippen molar-refractivity contribution in [3.63, 3.8) is 0 Å². The Balaban J connectivity index is 1.59. The first-order chi connectivity index (χ1) is 15.5. The molecular weight excluding hydrogens is 428 g/mol. The molecule has 0 aliphatic carbocycles. The van der Waals surface area contributed by atoms with Crippen LogP contribution in [0.15, 0.2) is 87.1 Å². The van der Waals surface area contributed by atoms with Crippen molar-refractivity contribution in [1.82, 2.24) is 4.98 Å². The van der Waals surface area contributed by atoms with Crippen molar-refractivity contribution in [3.05, 3.63) is 78.4 Å². The van der Waals surface area contributed by atoms with E-state index in [9.17, 15) is 8.42 Å². The van der Waals surface area contributed by atoms with Crippen molar-refractivity contribution in [1.29, 1.82) is 0 Å². The first-order valence-electron chi connectivity index (χ1n) is 10.1. The summed E-state index contributed by atoms with van der Waals surface area (Å²) in [6.45, 7) is 2.83. The number of nitrogens with zero attached hydrogens (tertiary/aromatic N) is 1. The molecule has 1 aromatic heterocycles. The summed E-state index contributed by atoms with van der Waals surface area (Å²) >= 11 is 0. The molecule has 5 rings (SSSR count). The number of rotatable bonds is 5. The van der Waals surface area contributed by atoms with E-state index in [-0.39, 0.29) is 21.7 Å². The van der Waals surface area contributed by atoms with Crippen LogP contribution in [-0.2, 0) is 9.84 Å². The zero-order chi connectivity index (χ0) is 22.1. The fraction of sp³-hybridized carbons (Fsp3) is 0.125. The Morgan fingerprint density at radius 1 is 0.875 bits per heavy atom. The molecule has 2 heterocycles. The van der Waals surface area contributed by atoms with Gasteiger partial charge < -0.3 is 19.2 Å². The highest BCUT2D eigenvalue weighted by Crippen LogP contribution is 2.37. The molecule has 0 saturated heterocycles. The third-order valence-electron chi connectivity index (χ3n) is 5.00. The molecule has 0 fully saturated rings. The Hall–Kier alpha value is -3.78. The molecule has 1 aliphatic heterocycles. The first kappa shape index (κ1) is 20.1. The summed E-state index contributed by atoms with van der Waals surface area (Å²) in [4.78, 5) is 4.50. The maximum atomic E-state index is 13.4. The number of ether oxygens (including phenoxy) is 2. The Morgan fingerprint density at radius 2 is 1.59 bits per heavy atom. The molecule has 0 radical (unpaired) electrons. The minimum Gasteiger partial charge on any atom is -0.486 e. The van der Waals surface area contributed by atoms with Gasteiger partial charge in [0.25, 0.3) is 0 Å². The summed E-state index contributed by atoms with van der Waals surface area (Å²) < 4.78 is 43.9. The lowest BCUT2D eigenvalue weighted by molar-refractivity contribution is 0.171. The largest absolute Gasteiger partial charge is 0.486 e. The standard InChI is InChI=1S/C24H20N2O5S/c1-16-7-10-19(11-8-16)32(27,28)24-23(31-22(26-24)17-5-3-2-4-6-17)25-18-9-12-20-21(15-18)30-14-13-29-20/h2-12,15,25H,13-14H2,1H3. The molecule has 0 amide bonds. The van der Waals surface area contributed by atoms with Crippen LogP contribution >= 0.6 is 0 Å². The second kappa shape index (κ2) is 8.05. The van der Waals surface area contributed by atoms with Crippen LogP contribution < -0.4 is 14.8 Å². The maximum absolute atomic E-state index is 13.4. The molecule has 32 heavy (non-hydrogen) atoms. The molecule has 1 aliphatic rings. The summed E-state index contributed by atoms with van der Waals surface area (Å²) in [6.07, 6.45) is 0. The van der Waals surface area contributed by atoms with Crippen molar-refractivity contribution in [2.24, 2.45) is 0 Å². The fourth-order valence-electron chi connectivity index (χ4n) is 3.35. The SMILES string of the molecule is Cc1ccc(S(=O)(=O)c2nc(-c3ccccc3)oc2Nc2ccc3c(c2)OCCO3)cc1. The molecule has 0 spiro atoms. The van der Waals surface area contributed by atoms with Crippen molar-refractivity contribution in [2.75, 3.05) is 18.5 Å². The van der Waals surface area contributed by atoms with Gasteiger partial charge in [-0.05, 0) is 43.3 Å². The van der Waals surface area contributed by atoms with E-state index in [1.165, 1.54) is 0 Å². The maximum Gasteiger partial charge on any atom is 0.238 e. The van der Waals surface area contributed by atoms with Gasteiger partial charge in [-0.1, -0.05) is 35.9 Å². The predicted molar refractivity (Wildman–Crippen MR) is 119 cm³/mol. The normalized spacial score (nSPS) is 13.0. The lowest BCUT2D eigenvalue weighted by Crippen LogP contribution is -2.15. The molecule has 7 nitrogen and oxygen atoms in total. The van der Waals surface area contributed by atoms with E-state index in [4.69, 9.17) is 13.9 Å². The Morgan fingerprint density at radius 3 is 2.34 bits per heavy atom. The predicted octanol–water partition coefficient (Wildman–Crippen LogP) is 5.00. The third-order valence-corrected chi connectivity index (χ3v) is 6.68. The molecule has 1 N–H and O–H groups in total. The zero-order valence-corrected chi connectivity index (χ0v) is 18.1. The molecular formula is C24H20N2O5S. The Kier molecular flexibility index (Phi) is 5.07. The van der Waals surface area contributed by atoms with Crippen LogP contribution in [-0.4, -0.2) is 26.6 Å². The van der Waals surface area contributed by atoms with Crippen LogP contribution in [0.2, 0.25) is 0 Å². The number of sulfone groups is 1. The summed E-state index contributed by atoms with van der Waals surface area (Å²) in [6, 6.07) is 21.0. The quantitative estimate of drug-likeness (QED) is 0.459. The minimum atomic E-state index is -3.93. The number of aromatic nitrogens is 1. The fourth-order valence-corrected chi connectivity index (χ4v) is 4.61. The smallest absolute Gasteiger partial charge is 0.238 e. The highest BCUT2D eigenvalue weighted by Gasteiger charge is 2.29. The molecule has 4 aromatic rings. The third kappa shape index (κ3) is 3.80. The number of fused-ring (bicyclic) bond motifs is 1. The van der Waals surface area contributed by atoms with Crippen molar-refractivity contribution in [2.45, 2.75) is 16.8 Å². The second-order valence-corrected chi connectivity index (χ2v) is 9.18. The molecule has 0 unspecified atom stereocenters. The first-order valence-corrected chi connectivity index (χ1v) is 11.5. The number of anilines is 2. The highest BCUT2D eigenvalue weighted by molar-refractivity contribution is 7.91. The number of hydrogen-bond acceptors (Lipinski definition) is 7. The van der Waals surface area contributed by atoms with Crippen LogP contribution in [0.4, 0.5) is 11.6 Å². The molecule has 0 bridgehead atoms. The van der Waals surface area contributed by atoms with Gasteiger partial charge in [-0.25, -0.2) is 8.42 Å². The zero-order valence-electron chi connectivity index (χ0n) is 17.2. The van der Waals surface area contributed by atoms with E-state index < -0.39 is 9.84 Å². The summed E-state index contributed by atoms with van der Waals surface area (Å²) in [5.74, 6) is 1.45. The summed E-state index contributed by atoms with van der Waals surface area (Å²) in [5, 5.41) is 2.87. The molecule has 3 aromatic carbocycles. The van der Waals surface area contributed by atoms with E-state index in [0.717, 1.165) is 5.56 Å². The van der Waals surface area contributed by atoms with Crippen LogP contribution in [0.25, 0.3) is 11.5 Å². The average molecular weight is 449 g/mol. The van der Waals surface area contributed by atoms with Gasteiger partial charge in [0.2, 0.25) is 26.6 Å². The topological polar surface area (TPSA) is 90.7 Å². The number of hydrogen-bond donors (Lipinski definition) is 1. The van der Waals surface area contributed by atoms with Crippen molar-refractivity contribution < 1.29 is 22.3 Å². The monoisotopic (exact) mass is 448 g/mol. The number of nitrogens with one attached hydrogen (secondary N) is 1. The lowest BCUT2D eigenvalue weighted by atomic mass is 10.2. The summed E-state index contributed by atoms with van der Waals surface area (Å²) in [7, 11) is -3.93. The molecule has 8 heteroatoms. The van der Waals surface area contributed by atoms with Gasteiger partial charge in [-0.3, -0.25) is 0 Å². The van der Waals surface area contributed by atoms with Gasteiger partial charge in [0.15, 0.2) is 11.5 Å². The van der Waals surface area contributed by atoms with Gasteiger partial charge >= 0.3 is 0 Å². The number of benzene rings is 3. The van der Waals surface area contributed by atoms with Crippen LogP contribution in [0.3, 0.4) is 0 Å². The van der Waals surface area contributed by atoms with Gasteiger partial charge in [-0.15, -0.1) is 0 Å². The molecule has 162 valence electrons. The highest BCUT2D eigenvalue weighted by atomic mass is 32.2. The van der Waals surface area contributed by atoms with Crippen molar-refractivity contribution >= 4 is 21.4 Å².